The number of fused-ring (bicyclic) bond motifs is 1. The van der Waals surface area contributed by atoms with Gasteiger partial charge < -0.3 is 14.4 Å². The van der Waals surface area contributed by atoms with E-state index in [0.29, 0.717) is 28.3 Å². The number of aromatic nitrogens is 1. The highest BCUT2D eigenvalue weighted by Crippen LogP contribution is 2.34. The van der Waals surface area contributed by atoms with Crippen molar-refractivity contribution in [2.24, 2.45) is 0 Å². The van der Waals surface area contributed by atoms with Crippen molar-refractivity contribution in [1.29, 1.82) is 0 Å². The molecule has 1 heterocycles. The van der Waals surface area contributed by atoms with E-state index in [0.717, 1.165) is 16.6 Å². The number of benzene rings is 3. The van der Waals surface area contributed by atoms with Crippen LogP contribution >= 0.6 is 15.9 Å². The maximum Gasteiger partial charge on any atom is 0.416 e. The van der Waals surface area contributed by atoms with Gasteiger partial charge in [0.25, 0.3) is 0 Å². The van der Waals surface area contributed by atoms with Crippen molar-refractivity contribution in [2.75, 3.05) is 0 Å². The Kier molecular flexibility index (Phi) is 6.16. The maximum absolute atomic E-state index is 13.4. The van der Waals surface area contributed by atoms with E-state index in [-0.39, 0.29) is 17.7 Å². The molecule has 0 spiro atoms. The van der Waals surface area contributed by atoms with E-state index < -0.39 is 30.1 Å². The van der Waals surface area contributed by atoms with Crippen LogP contribution in [0.15, 0.2) is 71.3 Å². The first-order valence-corrected chi connectivity index (χ1v) is 10.5. The highest BCUT2D eigenvalue weighted by molar-refractivity contribution is 9.10. The van der Waals surface area contributed by atoms with Gasteiger partial charge in [0.05, 0.1) is 17.7 Å². The van der Waals surface area contributed by atoms with Crippen LogP contribution in [0.2, 0.25) is 0 Å². The van der Waals surface area contributed by atoms with Gasteiger partial charge in [0, 0.05) is 32.7 Å². The molecule has 0 atom stereocenters. The third-order valence-electron chi connectivity index (χ3n) is 5.17. The van der Waals surface area contributed by atoms with Crippen LogP contribution in [-0.2, 0) is 19.3 Å². The third-order valence-corrected chi connectivity index (χ3v) is 5.66. The molecular formula is C24H16BrF4NO3. The van der Waals surface area contributed by atoms with Crippen molar-refractivity contribution < 1.29 is 32.2 Å². The highest BCUT2D eigenvalue weighted by Gasteiger charge is 2.34. The molecule has 0 bridgehead atoms. The Morgan fingerprint density at radius 1 is 1.03 bits per heavy atom. The Bertz CT molecular complexity index is 1350. The second-order valence-corrected chi connectivity index (χ2v) is 8.24. The van der Waals surface area contributed by atoms with Crippen molar-refractivity contribution in [3.8, 4) is 5.75 Å². The quantitative estimate of drug-likeness (QED) is 0.281. The van der Waals surface area contributed by atoms with Crippen LogP contribution in [0.1, 0.15) is 27.0 Å². The molecule has 0 saturated heterocycles. The number of carbonyl (C=O) groups is 1. The molecule has 9 heteroatoms. The zero-order valence-electron chi connectivity index (χ0n) is 16.9. The van der Waals surface area contributed by atoms with E-state index in [4.69, 9.17) is 4.74 Å². The van der Waals surface area contributed by atoms with Crippen molar-refractivity contribution in [1.82, 2.24) is 4.57 Å². The predicted molar refractivity (Wildman–Crippen MR) is 118 cm³/mol. The van der Waals surface area contributed by atoms with Crippen molar-refractivity contribution >= 4 is 32.8 Å². The number of hydrogen-bond acceptors (Lipinski definition) is 2. The number of hydrogen-bond donors (Lipinski definition) is 1. The van der Waals surface area contributed by atoms with Gasteiger partial charge in [0.2, 0.25) is 0 Å². The van der Waals surface area contributed by atoms with Crippen LogP contribution in [0.25, 0.3) is 10.9 Å². The molecule has 4 aromatic rings. The number of halogens is 5. The number of aromatic carboxylic acids is 1. The zero-order valence-corrected chi connectivity index (χ0v) is 18.5. The van der Waals surface area contributed by atoms with Gasteiger partial charge in [-0.3, -0.25) is 0 Å². The van der Waals surface area contributed by atoms with E-state index in [1.54, 1.807) is 42.6 Å². The lowest BCUT2D eigenvalue weighted by molar-refractivity contribution is -0.138. The summed E-state index contributed by atoms with van der Waals surface area (Å²) in [6.45, 7) is -0.115. The van der Waals surface area contributed by atoms with Gasteiger partial charge >= 0.3 is 12.1 Å². The SMILES string of the molecule is O=C(O)c1cccc2c1ccn2Cc1cc(Br)ccc1OCc1ccc(F)cc1C(F)(F)F. The first-order valence-electron chi connectivity index (χ1n) is 9.71. The molecule has 0 amide bonds. The lowest BCUT2D eigenvalue weighted by Crippen LogP contribution is -2.12. The molecule has 0 aliphatic rings. The van der Waals surface area contributed by atoms with E-state index in [1.165, 1.54) is 6.07 Å². The summed E-state index contributed by atoms with van der Waals surface area (Å²) in [7, 11) is 0. The Labute approximate surface area is 194 Å². The van der Waals surface area contributed by atoms with E-state index in [2.05, 4.69) is 15.9 Å². The van der Waals surface area contributed by atoms with Gasteiger partial charge in [-0.05, 0) is 48.5 Å². The second-order valence-electron chi connectivity index (χ2n) is 7.33. The van der Waals surface area contributed by atoms with Gasteiger partial charge in [0.1, 0.15) is 18.2 Å². The number of rotatable bonds is 6. The minimum atomic E-state index is -4.71. The van der Waals surface area contributed by atoms with Crippen LogP contribution in [0, 0.1) is 5.82 Å². The van der Waals surface area contributed by atoms with Crippen LogP contribution in [0.5, 0.6) is 5.75 Å². The topological polar surface area (TPSA) is 51.5 Å². The van der Waals surface area contributed by atoms with Crippen molar-refractivity contribution in [3.63, 3.8) is 0 Å². The first-order chi connectivity index (χ1) is 15.6. The summed E-state index contributed by atoms with van der Waals surface area (Å²) in [5, 5.41) is 9.97. The first kappa shape index (κ1) is 22.8. The maximum atomic E-state index is 13.4. The smallest absolute Gasteiger partial charge is 0.416 e. The zero-order chi connectivity index (χ0) is 23.8. The standard InChI is InChI=1S/C24H16BrF4NO3/c25-16-5-7-22(33-13-14-4-6-17(26)11-20(14)24(27,28)29)15(10-16)12-30-9-8-18-19(23(31)32)2-1-3-21(18)30/h1-11H,12-13H2,(H,31,32). The largest absolute Gasteiger partial charge is 0.489 e. The molecule has 4 nitrogen and oxygen atoms in total. The summed E-state index contributed by atoms with van der Waals surface area (Å²) in [4.78, 5) is 11.5. The number of nitrogens with zero attached hydrogens (tertiary/aromatic N) is 1. The van der Waals surface area contributed by atoms with E-state index in [1.807, 2.05) is 4.57 Å². The van der Waals surface area contributed by atoms with E-state index >= 15 is 0 Å². The number of carboxylic acid groups (broad SMARTS) is 1. The Hall–Kier alpha value is -3.33. The molecule has 170 valence electrons. The molecule has 0 saturated carbocycles. The lowest BCUT2D eigenvalue weighted by Gasteiger charge is -2.16. The monoisotopic (exact) mass is 521 g/mol. The van der Waals surface area contributed by atoms with Crippen molar-refractivity contribution in [3.05, 3.63) is 99.4 Å². The minimum absolute atomic E-state index is 0.174. The second kappa shape index (κ2) is 8.90. The van der Waals surface area contributed by atoms with Crippen LogP contribution in [0.4, 0.5) is 17.6 Å². The summed E-state index contributed by atoms with van der Waals surface area (Å²) in [5.41, 5.74) is 0.263. The Morgan fingerprint density at radius 3 is 2.55 bits per heavy atom. The van der Waals surface area contributed by atoms with Crippen LogP contribution in [-0.4, -0.2) is 15.6 Å². The van der Waals surface area contributed by atoms with Gasteiger partial charge in [-0.2, -0.15) is 13.2 Å². The molecular weight excluding hydrogens is 506 g/mol. The molecule has 1 aromatic heterocycles. The fraction of sp³-hybridized carbons (Fsp3) is 0.125. The third kappa shape index (κ3) is 4.88. The van der Waals surface area contributed by atoms with Gasteiger partial charge in [-0.25, -0.2) is 9.18 Å². The van der Waals surface area contributed by atoms with Crippen LogP contribution < -0.4 is 4.74 Å². The molecule has 0 unspecified atom stereocenters. The number of carboxylic acids is 1. The van der Waals surface area contributed by atoms with E-state index in [9.17, 15) is 27.5 Å². The molecule has 0 radical (unpaired) electrons. The predicted octanol–water partition coefficient (Wildman–Crippen LogP) is 6.89. The summed E-state index contributed by atoms with van der Waals surface area (Å²) in [6.07, 6.45) is -2.97. The van der Waals surface area contributed by atoms with Crippen molar-refractivity contribution in [2.45, 2.75) is 19.3 Å². The van der Waals surface area contributed by atoms with Gasteiger partial charge in [-0.1, -0.05) is 28.1 Å². The minimum Gasteiger partial charge on any atom is -0.489 e. The average molecular weight is 522 g/mol. The summed E-state index contributed by atoms with van der Waals surface area (Å²) < 4.78 is 61.6. The van der Waals surface area contributed by atoms with Crippen LogP contribution in [0.3, 0.4) is 0 Å². The molecule has 0 fully saturated rings. The summed E-state index contributed by atoms with van der Waals surface area (Å²) in [5.74, 6) is -1.66. The molecule has 4 rings (SSSR count). The lowest BCUT2D eigenvalue weighted by atomic mass is 10.1. The fourth-order valence-electron chi connectivity index (χ4n) is 3.64. The van der Waals surface area contributed by atoms with Gasteiger partial charge in [0.15, 0.2) is 0 Å². The molecule has 3 aromatic carbocycles. The number of ether oxygens (including phenoxy) is 1. The summed E-state index contributed by atoms with van der Waals surface area (Å²) >= 11 is 3.39. The molecule has 0 aliphatic heterocycles. The molecule has 33 heavy (non-hydrogen) atoms. The normalized spacial score (nSPS) is 11.7. The fourth-order valence-corrected chi connectivity index (χ4v) is 4.05. The average Bonchev–Trinajstić information content (AvgIpc) is 3.16. The molecule has 0 aliphatic carbocycles. The van der Waals surface area contributed by atoms with Gasteiger partial charge in [-0.15, -0.1) is 0 Å². The molecule has 1 N–H and O–H groups in total. The Balaban J connectivity index is 1.65. The summed E-state index contributed by atoms with van der Waals surface area (Å²) in [6, 6.07) is 14.2. The highest BCUT2D eigenvalue weighted by atomic mass is 79.9. The number of alkyl halides is 3. The Morgan fingerprint density at radius 2 is 1.82 bits per heavy atom.